The summed E-state index contributed by atoms with van der Waals surface area (Å²) in [6.45, 7) is -0.695. The van der Waals surface area contributed by atoms with Crippen molar-refractivity contribution in [3.05, 3.63) is 0 Å². The lowest BCUT2D eigenvalue weighted by molar-refractivity contribution is -0.358. The van der Waals surface area contributed by atoms with Gasteiger partial charge < -0.3 is 90.5 Å². The van der Waals surface area contributed by atoms with E-state index in [1.165, 1.54) is 0 Å². The van der Waals surface area contributed by atoms with Crippen molar-refractivity contribution in [2.75, 3.05) is 19.8 Å². The number of aliphatic hydroxyl groups is 10. The van der Waals surface area contributed by atoms with E-state index < -0.39 is 142 Å². The summed E-state index contributed by atoms with van der Waals surface area (Å²) in [5.41, 5.74) is 0. The average Bonchev–Trinajstić information content (AvgIpc) is 2.99. The van der Waals surface area contributed by atoms with Crippen molar-refractivity contribution < 1.29 is 94.2 Å². The zero-order chi connectivity index (χ0) is 34.7. The first-order valence-corrected chi connectivity index (χ1v) is 14.2. The Bertz CT molecular complexity index is 1050. The molecule has 46 heavy (non-hydrogen) atoms. The Balaban J connectivity index is 1.83. The third kappa shape index (κ3) is 8.26. The quantitative estimate of drug-likeness (QED) is 0.0913. The van der Waals surface area contributed by atoms with Crippen LogP contribution in [0, 0.1) is 0 Å². The molecule has 21 heteroatoms. The first-order valence-electron chi connectivity index (χ1n) is 14.2. The summed E-state index contributed by atoms with van der Waals surface area (Å²) in [6.07, 6.45) is -24.9. The maximum Gasteiger partial charge on any atom is 0.364 e. The summed E-state index contributed by atoms with van der Waals surface area (Å²) in [6, 6.07) is -2.96. The second-order valence-corrected chi connectivity index (χ2v) is 11.3. The number of ether oxygens (including phenoxy) is 5. The summed E-state index contributed by atoms with van der Waals surface area (Å²) in [7, 11) is 0. The van der Waals surface area contributed by atoms with Crippen LogP contribution in [0.3, 0.4) is 0 Å². The minimum atomic E-state index is -2.84. The predicted molar refractivity (Wildman–Crippen MR) is 142 cm³/mol. The van der Waals surface area contributed by atoms with Crippen LogP contribution in [0.25, 0.3) is 0 Å². The first-order chi connectivity index (χ1) is 21.5. The number of hydrogen-bond acceptors (Lipinski definition) is 18. The van der Waals surface area contributed by atoms with Crippen LogP contribution in [0.4, 0.5) is 0 Å². The van der Waals surface area contributed by atoms with Crippen LogP contribution in [-0.2, 0) is 38.1 Å². The lowest BCUT2D eigenvalue weighted by atomic mass is 9.88. The van der Waals surface area contributed by atoms with Crippen LogP contribution in [0.2, 0.25) is 0 Å². The molecule has 3 rings (SSSR count). The summed E-state index contributed by atoms with van der Waals surface area (Å²) in [5, 5.41) is 117. The number of carboxylic acids is 1. The molecule has 0 aromatic heterocycles. The van der Waals surface area contributed by atoms with Crippen LogP contribution in [0.15, 0.2) is 0 Å². The van der Waals surface area contributed by atoms with Crippen LogP contribution in [0.5, 0.6) is 0 Å². The number of aliphatic hydroxyl groups excluding tert-OH is 10. The minimum absolute atomic E-state index is 0.677. The van der Waals surface area contributed by atoms with Crippen molar-refractivity contribution >= 4 is 17.8 Å². The predicted octanol–water partition coefficient (Wildman–Crippen LogP) is -8.08. The van der Waals surface area contributed by atoms with Gasteiger partial charge in [-0.15, -0.1) is 0 Å². The second kappa shape index (κ2) is 15.8. The van der Waals surface area contributed by atoms with E-state index in [0.29, 0.717) is 0 Å². The average molecular weight is 675 g/mol. The van der Waals surface area contributed by atoms with Crippen molar-refractivity contribution in [3.8, 4) is 0 Å². The molecule has 266 valence electrons. The number of carbonyl (C=O) groups excluding carboxylic acids is 2. The van der Waals surface area contributed by atoms with Gasteiger partial charge in [-0.2, -0.15) is 0 Å². The molecule has 21 nitrogen and oxygen atoms in total. The Hall–Kier alpha value is -2.19. The number of amides is 2. The molecule has 3 fully saturated rings. The van der Waals surface area contributed by atoms with Crippen molar-refractivity contribution in [2.24, 2.45) is 0 Å². The monoisotopic (exact) mass is 674 g/mol. The van der Waals surface area contributed by atoms with Crippen molar-refractivity contribution in [2.45, 2.75) is 118 Å². The van der Waals surface area contributed by atoms with E-state index in [1.807, 2.05) is 0 Å². The summed E-state index contributed by atoms with van der Waals surface area (Å²) in [4.78, 5) is 35.7. The van der Waals surface area contributed by atoms with Gasteiger partial charge in [0.1, 0.15) is 67.1 Å². The molecule has 0 aromatic rings. The topological polar surface area (TPSA) is 344 Å². The Morgan fingerprint density at radius 2 is 1.48 bits per heavy atom. The minimum Gasteiger partial charge on any atom is -0.477 e. The van der Waals surface area contributed by atoms with Gasteiger partial charge in [-0.3, -0.25) is 9.59 Å². The number of carboxylic acid groups (broad SMARTS) is 1. The maximum atomic E-state index is 12.4. The first kappa shape index (κ1) is 38.3. The fraction of sp³-hybridized carbons (Fsp3) is 0.880. The lowest BCUT2D eigenvalue weighted by Gasteiger charge is -2.48. The molecule has 3 saturated heterocycles. The standard InChI is InChI=1S/C25H42N2O19/c1-7(30)26-13-9(32)3-25(24(40)41,46-21(13)15(34)10(33)4-28)42-6-12-16(35)18(37)19(38)23(44-12)45-20-11(5-29)43-22(39)14(17(20)36)27-8(2)31/h9-23,28-29,32-39H,3-6H2,1-2H3,(H,26,30)(H,27,31)(H,40,41)/t9-,10-,11?,12?,13-,14+,15-,16+,17?,18?,19+,20-,21?,22-,23+,25-/m1/s1. The fourth-order valence-electron chi connectivity index (χ4n) is 5.46. The van der Waals surface area contributed by atoms with Crippen LogP contribution >= 0.6 is 0 Å². The van der Waals surface area contributed by atoms with Gasteiger partial charge in [0.25, 0.3) is 5.79 Å². The van der Waals surface area contributed by atoms with E-state index in [4.69, 9.17) is 23.7 Å². The molecule has 2 amide bonds. The van der Waals surface area contributed by atoms with Gasteiger partial charge in [0.15, 0.2) is 12.6 Å². The SMILES string of the molecule is CC(=O)N[C@H]1C([C@H](O)[C@H](O)CO)O[C@@](OCC2O[C@@H](O[C@@H]3C(CO)O[C@@H](O)[C@@H](NC(C)=O)C3O)[C@@H](O)C(O)[C@H]2O)(C(=O)O)C[C@H]1O. The molecule has 0 bridgehead atoms. The summed E-state index contributed by atoms with van der Waals surface area (Å²) >= 11 is 0. The Kier molecular flexibility index (Phi) is 13.1. The van der Waals surface area contributed by atoms with E-state index in [1.54, 1.807) is 0 Å². The van der Waals surface area contributed by atoms with Crippen LogP contribution in [-0.4, -0.2) is 191 Å². The maximum absolute atomic E-state index is 12.4. The Labute approximate surface area is 260 Å². The lowest BCUT2D eigenvalue weighted by Crippen LogP contribution is -2.69. The smallest absolute Gasteiger partial charge is 0.364 e. The molecule has 3 aliphatic heterocycles. The molecule has 0 radical (unpaired) electrons. The second-order valence-electron chi connectivity index (χ2n) is 11.3. The van der Waals surface area contributed by atoms with E-state index in [9.17, 15) is 70.6 Å². The number of hydrogen-bond donors (Lipinski definition) is 13. The van der Waals surface area contributed by atoms with Gasteiger partial charge in [-0.25, -0.2) is 4.79 Å². The Morgan fingerprint density at radius 1 is 0.870 bits per heavy atom. The molecule has 13 N–H and O–H groups in total. The van der Waals surface area contributed by atoms with Crippen LogP contribution < -0.4 is 10.6 Å². The number of rotatable bonds is 12. The molecule has 16 atom stereocenters. The highest BCUT2D eigenvalue weighted by atomic mass is 16.8. The van der Waals surface area contributed by atoms with Gasteiger partial charge in [-0.1, -0.05) is 0 Å². The molecule has 0 spiro atoms. The van der Waals surface area contributed by atoms with Crippen molar-refractivity contribution in [3.63, 3.8) is 0 Å². The Morgan fingerprint density at radius 3 is 2.02 bits per heavy atom. The summed E-state index contributed by atoms with van der Waals surface area (Å²) in [5.74, 6) is -6.12. The van der Waals surface area contributed by atoms with Crippen molar-refractivity contribution in [1.29, 1.82) is 0 Å². The molecule has 0 aromatic carbocycles. The molecule has 3 aliphatic rings. The molecule has 0 saturated carbocycles. The third-order valence-corrected chi connectivity index (χ3v) is 7.87. The molecular weight excluding hydrogens is 632 g/mol. The van der Waals surface area contributed by atoms with Gasteiger partial charge >= 0.3 is 5.97 Å². The molecule has 0 aliphatic carbocycles. The highest BCUT2D eigenvalue weighted by molar-refractivity contribution is 5.76. The van der Waals surface area contributed by atoms with Gasteiger partial charge in [-0.05, 0) is 0 Å². The fourth-order valence-corrected chi connectivity index (χ4v) is 5.46. The number of nitrogens with one attached hydrogen (secondary N) is 2. The third-order valence-electron chi connectivity index (χ3n) is 7.87. The van der Waals surface area contributed by atoms with E-state index in [0.717, 1.165) is 13.8 Å². The van der Waals surface area contributed by atoms with Gasteiger partial charge in [0.05, 0.1) is 32.0 Å². The molecule has 3 heterocycles. The number of aliphatic carboxylic acids is 1. The van der Waals surface area contributed by atoms with E-state index >= 15 is 0 Å². The van der Waals surface area contributed by atoms with E-state index in [-0.39, 0.29) is 0 Å². The highest BCUT2D eigenvalue weighted by Crippen LogP contribution is 2.35. The number of carbonyl (C=O) groups is 3. The highest BCUT2D eigenvalue weighted by Gasteiger charge is 2.57. The zero-order valence-electron chi connectivity index (χ0n) is 24.7. The van der Waals surface area contributed by atoms with Gasteiger partial charge in [0, 0.05) is 20.3 Å². The van der Waals surface area contributed by atoms with Crippen LogP contribution in [0.1, 0.15) is 20.3 Å². The largest absolute Gasteiger partial charge is 0.477 e. The zero-order valence-corrected chi connectivity index (χ0v) is 24.7. The van der Waals surface area contributed by atoms with Crippen molar-refractivity contribution in [1.82, 2.24) is 10.6 Å². The normalized spacial score (nSPS) is 42.9. The summed E-state index contributed by atoms with van der Waals surface area (Å²) < 4.78 is 27.2. The van der Waals surface area contributed by atoms with Gasteiger partial charge in [0.2, 0.25) is 11.8 Å². The molecule has 5 unspecified atom stereocenters. The van der Waals surface area contributed by atoms with E-state index in [2.05, 4.69) is 10.6 Å². The molecular formula is C25H42N2O19.